The molecular weight excluding hydrogens is 200 g/mol. The van der Waals surface area contributed by atoms with Crippen molar-refractivity contribution in [3.05, 3.63) is 18.0 Å². The van der Waals surface area contributed by atoms with Crippen molar-refractivity contribution in [3.8, 4) is 0 Å². The number of piperazine rings is 1. The molecule has 4 nitrogen and oxygen atoms in total. The molecule has 2 rings (SSSR count). The predicted octanol–water partition coefficient (Wildman–Crippen LogP) is 0.646. The number of nitrogens with one attached hydrogen (secondary N) is 1. The lowest BCUT2D eigenvalue weighted by molar-refractivity contribution is 0.156. The van der Waals surface area contributed by atoms with Gasteiger partial charge < -0.3 is 5.32 Å². The van der Waals surface area contributed by atoms with E-state index in [2.05, 4.69) is 35.2 Å². The highest BCUT2D eigenvalue weighted by atomic mass is 15.3. The second-order valence-corrected chi connectivity index (χ2v) is 5.28. The lowest BCUT2D eigenvalue weighted by atomic mass is 10.0. The van der Waals surface area contributed by atoms with Gasteiger partial charge in [-0.2, -0.15) is 5.10 Å². The van der Waals surface area contributed by atoms with Gasteiger partial charge in [-0.15, -0.1) is 0 Å². The minimum Gasteiger partial charge on any atom is -0.309 e. The average Bonchev–Trinajstić information content (AvgIpc) is 2.60. The largest absolute Gasteiger partial charge is 0.309 e. The molecular formula is C12H22N4. The van der Waals surface area contributed by atoms with E-state index in [0.29, 0.717) is 0 Å². The number of nitrogens with zero attached hydrogens (tertiary/aromatic N) is 3. The van der Waals surface area contributed by atoms with Crippen molar-refractivity contribution in [1.29, 1.82) is 0 Å². The van der Waals surface area contributed by atoms with Crippen molar-refractivity contribution in [2.75, 3.05) is 26.2 Å². The van der Waals surface area contributed by atoms with Gasteiger partial charge in [-0.3, -0.25) is 9.58 Å². The second-order valence-electron chi connectivity index (χ2n) is 5.28. The molecule has 0 aliphatic carbocycles. The van der Waals surface area contributed by atoms with Crippen LogP contribution in [0.2, 0.25) is 0 Å². The van der Waals surface area contributed by atoms with Crippen LogP contribution in [0.15, 0.2) is 12.3 Å². The molecule has 1 aliphatic rings. The minimum absolute atomic E-state index is 0.255. The highest BCUT2D eigenvalue weighted by Crippen LogP contribution is 2.10. The summed E-state index contributed by atoms with van der Waals surface area (Å²) in [7, 11) is 2.01. The van der Waals surface area contributed by atoms with Crippen LogP contribution < -0.4 is 5.32 Å². The summed E-state index contributed by atoms with van der Waals surface area (Å²) in [4.78, 5) is 2.53. The summed E-state index contributed by atoms with van der Waals surface area (Å²) in [5, 5.41) is 7.73. The quantitative estimate of drug-likeness (QED) is 0.815. The summed E-state index contributed by atoms with van der Waals surface area (Å²) >= 11 is 0. The maximum absolute atomic E-state index is 4.19. The molecule has 1 N–H and O–H groups in total. The predicted molar refractivity (Wildman–Crippen MR) is 65.4 cm³/mol. The zero-order valence-corrected chi connectivity index (χ0v) is 10.5. The summed E-state index contributed by atoms with van der Waals surface area (Å²) in [6.07, 6.45) is 2.96. The van der Waals surface area contributed by atoms with Crippen molar-refractivity contribution < 1.29 is 0 Å². The Labute approximate surface area is 97.6 Å². The molecule has 0 saturated carbocycles. The number of aryl methyl sites for hydroxylation is 1. The van der Waals surface area contributed by atoms with Crippen LogP contribution in [0.25, 0.3) is 0 Å². The van der Waals surface area contributed by atoms with E-state index >= 15 is 0 Å². The van der Waals surface area contributed by atoms with Crippen molar-refractivity contribution >= 4 is 0 Å². The Morgan fingerprint density at radius 1 is 1.50 bits per heavy atom. The SMILES string of the molecule is Cn1nccc1CCN1CCNC(C)(C)C1. The lowest BCUT2D eigenvalue weighted by Gasteiger charge is -2.39. The average molecular weight is 222 g/mol. The molecule has 0 unspecified atom stereocenters. The first-order chi connectivity index (χ1) is 7.57. The molecule has 1 aromatic rings. The first kappa shape index (κ1) is 11.6. The Bertz CT molecular complexity index is 343. The van der Waals surface area contributed by atoms with Gasteiger partial charge >= 0.3 is 0 Å². The first-order valence-electron chi connectivity index (χ1n) is 6.01. The normalized spacial score (nSPS) is 21.2. The molecule has 1 aliphatic heterocycles. The van der Waals surface area contributed by atoms with Gasteiger partial charge in [-0.05, 0) is 19.9 Å². The zero-order valence-electron chi connectivity index (χ0n) is 10.5. The van der Waals surface area contributed by atoms with Crippen molar-refractivity contribution in [2.24, 2.45) is 7.05 Å². The van der Waals surface area contributed by atoms with Crippen LogP contribution in [0, 0.1) is 0 Å². The van der Waals surface area contributed by atoms with Gasteiger partial charge in [-0.1, -0.05) is 0 Å². The van der Waals surface area contributed by atoms with E-state index in [-0.39, 0.29) is 5.54 Å². The van der Waals surface area contributed by atoms with Crippen LogP contribution in [0.3, 0.4) is 0 Å². The highest BCUT2D eigenvalue weighted by Gasteiger charge is 2.25. The summed E-state index contributed by atoms with van der Waals surface area (Å²) in [5.41, 5.74) is 1.57. The topological polar surface area (TPSA) is 33.1 Å². The fourth-order valence-corrected chi connectivity index (χ4v) is 2.36. The van der Waals surface area contributed by atoms with Crippen LogP contribution >= 0.6 is 0 Å². The van der Waals surface area contributed by atoms with Crippen LogP contribution in [-0.2, 0) is 13.5 Å². The maximum Gasteiger partial charge on any atom is 0.0492 e. The van der Waals surface area contributed by atoms with Crippen LogP contribution in [0.4, 0.5) is 0 Å². The monoisotopic (exact) mass is 222 g/mol. The maximum atomic E-state index is 4.19. The van der Waals surface area contributed by atoms with Gasteiger partial charge in [0.2, 0.25) is 0 Å². The van der Waals surface area contributed by atoms with E-state index in [1.807, 2.05) is 17.9 Å². The molecule has 1 saturated heterocycles. The molecule has 0 spiro atoms. The number of aromatic nitrogens is 2. The Hall–Kier alpha value is -0.870. The molecule has 1 fully saturated rings. The van der Waals surface area contributed by atoms with Gasteiger partial charge in [-0.25, -0.2) is 0 Å². The third-order valence-electron chi connectivity index (χ3n) is 3.26. The van der Waals surface area contributed by atoms with E-state index in [1.165, 1.54) is 5.69 Å². The van der Waals surface area contributed by atoms with Crippen LogP contribution in [0.1, 0.15) is 19.5 Å². The molecule has 0 bridgehead atoms. The standard InChI is InChI=1S/C12H22N4/c1-12(2)10-16(9-7-13-12)8-5-11-4-6-14-15(11)3/h4,6,13H,5,7-10H2,1-3H3. The summed E-state index contributed by atoms with van der Waals surface area (Å²) < 4.78 is 1.97. The number of rotatable bonds is 3. The molecule has 4 heteroatoms. The van der Waals surface area contributed by atoms with Gasteiger partial charge in [0.05, 0.1) is 0 Å². The third kappa shape index (κ3) is 2.83. The molecule has 2 heterocycles. The molecule has 0 radical (unpaired) electrons. The molecule has 16 heavy (non-hydrogen) atoms. The third-order valence-corrected chi connectivity index (χ3v) is 3.26. The smallest absolute Gasteiger partial charge is 0.0492 e. The van der Waals surface area contributed by atoms with E-state index in [9.17, 15) is 0 Å². The summed E-state index contributed by atoms with van der Waals surface area (Å²) in [6.45, 7) is 9.04. The fraction of sp³-hybridized carbons (Fsp3) is 0.750. The number of hydrogen-bond acceptors (Lipinski definition) is 3. The van der Waals surface area contributed by atoms with E-state index < -0.39 is 0 Å². The first-order valence-corrected chi connectivity index (χ1v) is 6.01. The molecule has 0 aromatic carbocycles. The molecule has 0 amide bonds. The van der Waals surface area contributed by atoms with Crippen molar-refractivity contribution in [2.45, 2.75) is 25.8 Å². The van der Waals surface area contributed by atoms with Gasteiger partial charge in [0.1, 0.15) is 0 Å². The van der Waals surface area contributed by atoms with Crippen LogP contribution in [0.5, 0.6) is 0 Å². The number of hydrogen-bond donors (Lipinski definition) is 1. The Kier molecular flexibility index (Phi) is 3.30. The summed E-state index contributed by atoms with van der Waals surface area (Å²) in [5.74, 6) is 0. The molecule has 90 valence electrons. The van der Waals surface area contributed by atoms with Crippen molar-refractivity contribution in [3.63, 3.8) is 0 Å². The van der Waals surface area contributed by atoms with E-state index in [4.69, 9.17) is 0 Å². The second kappa shape index (κ2) is 4.55. The van der Waals surface area contributed by atoms with E-state index in [1.54, 1.807) is 0 Å². The zero-order chi connectivity index (χ0) is 11.6. The van der Waals surface area contributed by atoms with E-state index in [0.717, 1.165) is 32.6 Å². The Morgan fingerprint density at radius 2 is 2.31 bits per heavy atom. The van der Waals surface area contributed by atoms with Crippen LogP contribution in [-0.4, -0.2) is 46.4 Å². The Morgan fingerprint density at radius 3 is 2.94 bits per heavy atom. The fourth-order valence-electron chi connectivity index (χ4n) is 2.36. The summed E-state index contributed by atoms with van der Waals surface area (Å²) in [6, 6.07) is 2.10. The van der Waals surface area contributed by atoms with Gasteiger partial charge in [0, 0.05) is 57.1 Å². The molecule has 1 aromatic heterocycles. The lowest BCUT2D eigenvalue weighted by Crippen LogP contribution is -2.57. The minimum atomic E-state index is 0.255. The molecule has 0 atom stereocenters. The van der Waals surface area contributed by atoms with Crippen molar-refractivity contribution in [1.82, 2.24) is 20.0 Å². The van der Waals surface area contributed by atoms with Gasteiger partial charge in [0.25, 0.3) is 0 Å². The van der Waals surface area contributed by atoms with Gasteiger partial charge in [0.15, 0.2) is 0 Å². The Balaban J connectivity index is 1.84. The highest BCUT2D eigenvalue weighted by molar-refractivity contribution is 5.00.